The highest BCUT2D eigenvalue weighted by Crippen LogP contribution is 2.38. The Labute approximate surface area is 147 Å². The molecule has 1 saturated carbocycles. The molecule has 6 heteroatoms. The van der Waals surface area contributed by atoms with Crippen LogP contribution in [0.1, 0.15) is 36.4 Å². The van der Waals surface area contributed by atoms with Crippen LogP contribution in [0.2, 0.25) is 5.02 Å². The van der Waals surface area contributed by atoms with E-state index in [1.807, 2.05) is 44.6 Å². The molecule has 24 heavy (non-hydrogen) atoms. The van der Waals surface area contributed by atoms with Crippen molar-refractivity contribution >= 4 is 17.6 Å². The minimum absolute atomic E-state index is 0.0415. The van der Waals surface area contributed by atoms with Crippen molar-refractivity contribution in [3.05, 3.63) is 52.8 Å². The SMILES string of the molecule is CN(Cc1cnn(C)c1)C(=O)NC(c1ccc(Cl)cc1)C1CCC1. The lowest BCUT2D eigenvalue weighted by Gasteiger charge is -2.35. The number of hydrogen-bond donors (Lipinski definition) is 1. The van der Waals surface area contributed by atoms with Gasteiger partial charge in [0.05, 0.1) is 18.8 Å². The van der Waals surface area contributed by atoms with Crippen LogP contribution in [0.5, 0.6) is 0 Å². The van der Waals surface area contributed by atoms with Crippen molar-refractivity contribution in [3.63, 3.8) is 0 Å². The number of aryl methyl sites for hydroxylation is 1. The fourth-order valence-corrected chi connectivity index (χ4v) is 3.19. The summed E-state index contributed by atoms with van der Waals surface area (Å²) in [7, 11) is 3.68. The first kappa shape index (κ1) is 16.8. The average molecular weight is 347 g/mol. The monoisotopic (exact) mass is 346 g/mol. The molecule has 0 bridgehead atoms. The van der Waals surface area contributed by atoms with E-state index in [1.54, 1.807) is 15.8 Å². The maximum absolute atomic E-state index is 12.6. The largest absolute Gasteiger partial charge is 0.331 e. The molecule has 3 rings (SSSR count). The van der Waals surface area contributed by atoms with Crippen molar-refractivity contribution in [3.8, 4) is 0 Å². The second-order valence-corrected chi connectivity index (χ2v) is 6.98. The molecule has 1 aliphatic carbocycles. The van der Waals surface area contributed by atoms with Crippen LogP contribution in [0.4, 0.5) is 4.79 Å². The first-order valence-electron chi connectivity index (χ1n) is 8.27. The van der Waals surface area contributed by atoms with E-state index in [9.17, 15) is 4.79 Å². The van der Waals surface area contributed by atoms with Gasteiger partial charge in [-0.25, -0.2) is 4.79 Å². The first-order valence-corrected chi connectivity index (χ1v) is 8.65. The van der Waals surface area contributed by atoms with Crippen LogP contribution < -0.4 is 5.32 Å². The quantitative estimate of drug-likeness (QED) is 0.896. The van der Waals surface area contributed by atoms with Crippen LogP contribution in [0.25, 0.3) is 0 Å². The number of hydrogen-bond acceptors (Lipinski definition) is 2. The van der Waals surface area contributed by atoms with Gasteiger partial charge in [-0.2, -0.15) is 5.10 Å². The van der Waals surface area contributed by atoms with E-state index in [0.717, 1.165) is 24.0 Å². The van der Waals surface area contributed by atoms with Gasteiger partial charge in [0, 0.05) is 30.9 Å². The van der Waals surface area contributed by atoms with Crippen LogP contribution in [-0.2, 0) is 13.6 Å². The van der Waals surface area contributed by atoms with Crippen LogP contribution in [0, 0.1) is 5.92 Å². The molecule has 0 saturated heterocycles. The number of carbonyl (C=O) groups is 1. The van der Waals surface area contributed by atoms with Gasteiger partial charge in [-0.15, -0.1) is 0 Å². The maximum Gasteiger partial charge on any atom is 0.317 e. The Kier molecular flexibility index (Phi) is 5.09. The summed E-state index contributed by atoms with van der Waals surface area (Å²) in [6.45, 7) is 0.539. The van der Waals surface area contributed by atoms with Crippen molar-refractivity contribution in [1.29, 1.82) is 0 Å². The third kappa shape index (κ3) is 3.90. The third-order valence-electron chi connectivity index (χ3n) is 4.65. The standard InChI is InChI=1S/C18H23ClN4O/c1-22(11-13-10-20-23(2)12-13)18(24)21-17(14-4-3-5-14)15-6-8-16(19)9-7-15/h6-10,12,14,17H,3-5,11H2,1-2H3,(H,21,24). The van der Waals surface area contributed by atoms with Crippen LogP contribution >= 0.6 is 11.6 Å². The van der Waals surface area contributed by atoms with Gasteiger partial charge in [0.2, 0.25) is 0 Å². The lowest BCUT2D eigenvalue weighted by atomic mass is 9.77. The maximum atomic E-state index is 12.6. The topological polar surface area (TPSA) is 50.2 Å². The summed E-state index contributed by atoms with van der Waals surface area (Å²) in [6, 6.07) is 7.76. The Hall–Kier alpha value is -2.01. The minimum Gasteiger partial charge on any atom is -0.331 e. The molecule has 1 fully saturated rings. The van der Waals surface area contributed by atoms with Gasteiger partial charge in [-0.1, -0.05) is 30.2 Å². The van der Waals surface area contributed by atoms with Gasteiger partial charge in [-0.3, -0.25) is 4.68 Å². The van der Waals surface area contributed by atoms with Crippen molar-refractivity contribution in [2.24, 2.45) is 13.0 Å². The summed E-state index contributed by atoms with van der Waals surface area (Å²) in [6.07, 6.45) is 7.24. The Balaban J connectivity index is 1.67. The highest BCUT2D eigenvalue weighted by molar-refractivity contribution is 6.30. The fraction of sp³-hybridized carbons (Fsp3) is 0.444. The van der Waals surface area contributed by atoms with Crippen molar-refractivity contribution in [2.45, 2.75) is 31.8 Å². The van der Waals surface area contributed by atoms with E-state index < -0.39 is 0 Å². The zero-order valence-corrected chi connectivity index (χ0v) is 14.8. The number of urea groups is 1. The molecule has 1 aromatic carbocycles. The molecule has 5 nitrogen and oxygen atoms in total. The van der Waals surface area contributed by atoms with E-state index in [0.29, 0.717) is 17.5 Å². The number of amides is 2. The van der Waals surface area contributed by atoms with Crippen LogP contribution in [0.3, 0.4) is 0 Å². The predicted octanol–water partition coefficient (Wildman–Crippen LogP) is 3.76. The minimum atomic E-state index is -0.0642. The second kappa shape index (κ2) is 7.26. The molecular weight excluding hydrogens is 324 g/mol. The lowest BCUT2D eigenvalue weighted by molar-refractivity contribution is 0.182. The van der Waals surface area contributed by atoms with Gasteiger partial charge < -0.3 is 10.2 Å². The summed E-state index contributed by atoms with van der Waals surface area (Å²) in [5.74, 6) is 0.502. The Morgan fingerprint density at radius 3 is 2.67 bits per heavy atom. The summed E-state index contributed by atoms with van der Waals surface area (Å²) in [5.41, 5.74) is 2.13. The lowest BCUT2D eigenvalue weighted by Crippen LogP contribution is -2.42. The number of benzene rings is 1. The van der Waals surface area contributed by atoms with E-state index in [2.05, 4.69) is 10.4 Å². The number of nitrogens with zero attached hydrogens (tertiary/aromatic N) is 3. The second-order valence-electron chi connectivity index (χ2n) is 6.55. The number of halogens is 1. The zero-order valence-electron chi connectivity index (χ0n) is 14.1. The van der Waals surface area contributed by atoms with E-state index in [4.69, 9.17) is 11.6 Å². The fourth-order valence-electron chi connectivity index (χ4n) is 3.06. The smallest absolute Gasteiger partial charge is 0.317 e. The molecule has 1 heterocycles. The third-order valence-corrected chi connectivity index (χ3v) is 4.91. The number of rotatable bonds is 5. The van der Waals surface area contributed by atoms with Gasteiger partial charge >= 0.3 is 6.03 Å². The normalized spacial score (nSPS) is 15.6. The molecule has 0 spiro atoms. The van der Waals surface area contributed by atoms with E-state index in [-0.39, 0.29) is 12.1 Å². The Morgan fingerprint density at radius 1 is 1.42 bits per heavy atom. The number of carbonyl (C=O) groups excluding carboxylic acids is 1. The Bertz CT molecular complexity index is 693. The van der Waals surface area contributed by atoms with E-state index >= 15 is 0 Å². The molecular formula is C18H23ClN4O. The summed E-state index contributed by atoms with van der Waals surface area (Å²) in [4.78, 5) is 14.3. The molecule has 1 atom stereocenters. The molecule has 2 amide bonds. The Morgan fingerprint density at radius 2 is 2.12 bits per heavy atom. The molecule has 1 aromatic heterocycles. The van der Waals surface area contributed by atoms with Crippen molar-refractivity contribution < 1.29 is 4.79 Å². The van der Waals surface area contributed by atoms with Crippen LogP contribution in [-0.4, -0.2) is 27.8 Å². The van der Waals surface area contributed by atoms with Crippen molar-refractivity contribution in [2.75, 3.05) is 7.05 Å². The molecule has 1 N–H and O–H groups in total. The first-order chi connectivity index (χ1) is 11.5. The summed E-state index contributed by atoms with van der Waals surface area (Å²) < 4.78 is 1.74. The number of aromatic nitrogens is 2. The molecule has 2 aromatic rings. The van der Waals surface area contributed by atoms with Gasteiger partial charge in [0.1, 0.15) is 0 Å². The highest BCUT2D eigenvalue weighted by atomic mass is 35.5. The number of nitrogens with one attached hydrogen (secondary N) is 1. The molecule has 1 aliphatic rings. The molecule has 1 unspecified atom stereocenters. The molecule has 128 valence electrons. The van der Waals surface area contributed by atoms with Gasteiger partial charge in [0.15, 0.2) is 0 Å². The molecule has 0 aliphatic heterocycles. The van der Waals surface area contributed by atoms with Gasteiger partial charge in [-0.05, 0) is 36.5 Å². The summed E-state index contributed by atoms with van der Waals surface area (Å²) in [5, 5.41) is 8.05. The average Bonchev–Trinajstić information content (AvgIpc) is 2.90. The predicted molar refractivity (Wildman–Crippen MR) is 94.7 cm³/mol. The highest BCUT2D eigenvalue weighted by Gasteiger charge is 2.30. The van der Waals surface area contributed by atoms with Crippen LogP contribution in [0.15, 0.2) is 36.7 Å². The van der Waals surface area contributed by atoms with Gasteiger partial charge in [0.25, 0.3) is 0 Å². The van der Waals surface area contributed by atoms with E-state index in [1.165, 1.54) is 6.42 Å². The summed E-state index contributed by atoms with van der Waals surface area (Å²) >= 11 is 5.99. The van der Waals surface area contributed by atoms with Crippen molar-refractivity contribution in [1.82, 2.24) is 20.0 Å². The zero-order chi connectivity index (χ0) is 17.1. The molecule has 0 radical (unpaired) electrons.